The lowest BCUT2D eigenvalue weighted by atomic mass is 10.2. The molecule has 0 aliphatic carbocycles. The van der Waals surface area contributed by atoms with E-state index in [0.717, 1.165) is 4.73 Å². The Hall–Kier alpha value is -2.30. The van der Waals surface area contributed by atoms with Crippen LogP contribution >= 0.6 is 0 Å². The minimum atomic E-state index is -0.469. The van der Waals surface area contributed by atoms with Crippen molar-refractivity contribution in [1.82, 2.24) is 4.90 Å². The highest BCUT2D eigenvalue weighted by Crippen LogP contribution is 2.24. The van der Waals surface area contributed by atoms with Gasteiger partial charge in [-0.25, -0.2) is 4.79 Å². The lowest BCUT2D eigenvalue weighted by Gasteiger charge is -2.13. The Bertz CT molecular complexity index is 608. The van der Waals surface area contributed by atoms with Crippen LogP contribution in [0.2, 0.25) is 0 Å². The fraction of sp³-hybridized carbons (Fsp3) is 0.231. The topological polar surface area (TPSA) is 56.5 Å². The van der Waals surface area contributed by atoms with Crippen LogP contribution in [0.3, 0.4) is 0 Å². The van der Waals surface area contributed by atoms with Crippen molar-refractivity contribution < 1.29 is 14.3 Å². The normalized spacial score (nSPS) is 10.4. The van der Waals surface area contributed by atoms with E-state index in [1.54, 1.807) is 51.4 Å². The number of fused-ring (bicyclic) bond motifs is 1. The Balaban J connectivity index is 2.57. The van der Waals surface area contributed by atoms with Crippen LogP contribution in [-0.4, -0.2) is 25.1 Å². The molecule has 0 radical (unpaired) electrons. The van der Waals surface area contributed by atoms with Crippen molar-refractivity contribution in [3.63, 3.8) is 0 Å². The predicted molar refractivity (Wildman–Crippen MR) is 67.4 cm³/mol. The first kappa shape index (κ1) is 12.2. The number of aromatic nitrogens is 1. The minimum Gasteiger partial charge on any atom is -0.618 e. The molecule has 5 nitrogen and oxygen atoms in total. The third-order valence-corrected chi connectivity index (χ3v) is 2.61. The second kappa shape index (κ2) is 4.52. The fourth-order valence-electron chi connectivity index (χ4n) is 1.64. The van der Waals surface area contributed by atoms with Crippen molar-refractivity contribution in [3.8, 4) is 5.75 Å². The SMILES string of the molecule is Cc1cc(OC(=O)N(C)C)c2ccccc2[n+]1[O-]. The summed E-state index contributed by atoms with van der Waals surface area (Å²) in [5.74, 6) is 0.397. The Labute approximate surface area is 105 Å². The summed E-state index contributed by atoms with van der Waals surface area (Å²) in [6.45, 7) is 1.67. The van der Waals surface area contributed by atoms with E-state index in [1.807, 2.05) is 0 Å². The van der Waals surface area contributed by atoms with Gasteiger partial charge in [0.25, 0.3) is 0 Å². The molecule has 5 heteroatoms. The standard InChI is InChI=1S/C13H14N2O3/c1-9-8-12(18-13(16)14(2)3)10-6-4-5-7-11(10)15(9)17/h4-8H,1-3H3. The molecule has 0 aliphatic heterocycles. The van der Waals surface area contributed by atoms with Crippen LogP contribution in [0.25, 0.3) is 10.9 Å². The molecule has 2 aromatic rings. The zero-order valence-corrected chi connectivity index (χ0v) is 10.5. The maximum atomic E-state index is 11.9. The summed E-state index contributed by atoms with van der Waals surface area (Å²) in [4.78, 5) is 12.9. The van der Waals surface area contributed by atoms with Gasteiger partial charge in [0.2, 0.25) is 5.52 Å². The van der Waals surface area contributed by atoms with Gasteiger partial charge < -0.3 is 14.8 Å². The van der Waals surface area contributed by atoms with Crippen LogP contribution in [-0.2, 0) is 0 Å². The van der Waals surface area contributed by atoms with E-state index in [1.165, 1.54) is 4.90 Å². The van der Waals surface area contributed by atoms with Gasteiger partial charge in [-0.3, -0.25) is 0 Å². The number of hydrogen-bond donors (Lipinski definition) is 0. The molecule has 0 saturated carbocycles. The maximum Gasteiger partial charge on any atom is 0.414 e. The summed E-state index contributed by atoms with van der Waals surface area (Å²) in [5.41, 5.74) is 0.967. The molecule has 18 heavy (non-hydrogen) atoms. The molecule has 1 amide bonds. The molecular formula is C13H14N2O3. The summed E-state index contributed by atoms with van der Waals surface area (Å²) >= 11 is 0. The summed E-state index contributed by atoms with van der Waals surface area (Å²) in [6, 6.07) is 8.58. The molecule has 0 aliphatic rings. The quantitative estimate of drug-likeness (QED) is 0.570. The molecule has 1 aromatic carbocycles. The van der Waals surface area contributed by atoms with Gasteiger partial charge in [-0.05, 0) is 6.07 Å². The third kappa shape index (κ3) is 2.07. The van der Waals surface area contributed by atoms with Gasteiger partial charge in [-0.1, -0.05) is 12.1 Å². The first-order chi connectivity index (χ1) is 8.50. The molecule has 0 spiro atoms. The number of para-hydroxylation sites is 1. The molecule has 0 N–H and O–H groups in total. The van der Waals surface area contributed by atoms with Crippen LogP contribution in [0.1, 0.15) is 5.69 Å². The molecule has 0 atom stereocenters. The van der Waals surface area contributed by atoms with Gasteiger partial charge in [0.15, 0.2) is 11.4 Å². The molecule has 1 aromatic heterocycles. The van der Waals surface area contributed by atoms with Gasteiger partial charge >= 0.3 is 6.09 Å². The number of benzene rings is 1. The molecule has 1 heterocycles. The van der Waals surface area contributed by atoms with Crippen LogP contribution in [0.15, 0.2) is 30.3 Å². The first-order valence-corrected chi connectivity index (χ1v) is 5.51. The zero-order chi connectivity index (χ0) is 13.3. The molecule has 2 rings (SSSR count). The number of carbonyl (C=O) groups excluding carboxylic acids is 1. The maximum absolute atomic E-state index is 11.9. The van der Waals surface area contributed by atoms with Crippen molar-refractivity contribution in [2.75, 3.05) is 14.1 Å². The number of ether oxygens (including phenoxy) is 1. The largest absolute Gasteiger partial charge is 0.618 e. The van der Waals surface area contributed by atoms with Gasteiger partial charge in [0.1, 0.15) is 0 Å². The second-order valence-electron chi connectivity index (χ2n) is 4.22. The number of nitrogens with zero attached hydrogens (tertiary/aromatic N) is 2. The molecule has 94 valence electrons. The first-order valence-electron chi connectivity index (χ1n) is 5.51. The minimum absolute atomic E-state index is 0.397. The zero-order valence-electron chi connectivity index (χ0n) is 10.5. The third-order valence-electron chi connectivity index (χ3n) is 2.61. The monoisotopic (exact) mass is 246 g/mol. The van der Waals surface area contributed by atoms with E-state index < -0.39 is 6.09 Å². The number of amides is 1. The van der Waals surface area contributed by atoms with Crippen LogP contribution in [0.5, 0.6) is 5.75 Å². The number of aryl methyl sites for hydroxylation is 1. The van der Waals surface area contributed by atoms with Gasteiger partial charge in [-0.2, -0.15) is 4.73 Å². The Morgan fingerprint density at radius 1 is 1.33 bits per heavy atom. The molecule has 0 fully saturated rings. The van der Waals surface area contributed by atoms with E-state index >= 15 is 0 Å². The summed E-state index contributed by atoms with van der Waals surface area (Å²) in [5, 5.41) is 12.5. The highest BCUT2D eigenvalue weighted by Gasteiger charge is 2.16. The summed E-state index contributed by atoms with van der Waals surface area (Å²) in [7, 11) is 3.21. The van der Waals surface area contributed by atoms with Crippen molar-refractivity contribution in [1.29, 1.82) is 0 Å². The Kier molecular flexibility index (Phi) is 3.06. The molecular weight excluding hydrogens is 232 g/mol. The van der Waals surface area contributed by atoms with Crippen molar-refractivity contribution in [3.05, 3.63) is 41.2 Å². The van der Waals surface area contributed by atoms with Gasteiger partial charge in [-0.15, -0.1) is 0 Å². The van der Waals surface area contributed by atoms with E-state index in [-0.39, 0.29) is 0 Å². The molecule has 0 bridgehead atoms. The highest BCUT2D eigenvalue weighted by atomic mass is 16.6. The second-order valence-corrected chi connectivity index (χ2v) is 4.22. The molecule has 0 saturated heterocycles. The number of carbonyl (C=O) groups is 1. The number of hydrogen-bond acceptors (Lipinski definition) is 3. The van der Waals surface area contributed by atoms with E-state index in [2.05, 4.69) is 0 Å². The highest BCUT2D eigenvalue weighted by molar-refractivity contribution is 5.85. The summed E-state index contributed by atoms with van der Waals surface area (Å²) in [6.07, 6.45) is -0.469. The van der Waals surface area contributed by atoms with Crippen LogP contribution in [0.4, 0.5) is 4.79 Å². The average Bonchev–Trinajstić information content (AvgIpc) is 2.35. The van der Waals surface area contributed by atoms with Crippen molar-refractivity contribution in [2.24, 2.45) is 0 Å². The van der Waals surface area contributed by atoms with Gasteiger partial charge in [0, 0.05) is 27.1 Å². The van der Waals surface area contributed by atoms with Crippen LogP contribution < -0.4 is 9.47 Å². The number of pyridine rings is 1. The Morgan fingerprint density at radius 3 is 2.67 bits per heavy atom. The van der Waals surface area contributed by atoms with Crippen molar-refractivity contribution in [2.45, 2.75) is 6.92 Å². The van der Waals surface area contributed by atoms with Crippen molar-refractivity contribution >= 4 is 17.0 Å². The fourth-order valence-corrected chi connectivity index (χ4v) is 1.64. The predicted octanol–water partition coefficient (Wildman–Crippen LogP) is 1.84. The smallest absolute Gasteiger partial charge is 0.414 e. The Morgan fingerprint density at radius 2 is 2.00 bits per heavy atom. The van der Waals surface area contributed by atoms with Crippen LogP contribution in [0, 0.1) is 12.1 Å². The van der Waals surface area contributed by atoms with E-state index in [9.17, 15) is 10.0 Å². The molecule has 0 unspecified atom stereocenters. The van der Waals surface area contributed by atoms with E-state index in [0.29, 0.717) is 22.3 Å². The van der Waals surface area contributed by atoms with E-state index in [4.69, 9.17) is 4.74 Å². The lowest BCUT2D eigenvalue weighted by Crippen LogP contribution is -2.32. The summed E-state index contributed by atoms with van der Waals surface area (Å²) < 4.78 is 6.08. The number of rotatable bonds is 1. The lowest BCUT2D eigenvalue weighted by molar-refractivity contribution is -0.584. The average molecular weight is 246 g/mol. The van der Waals surface area contributed by atoms with Gasteiger partial charge in [0.05, 0.1) is 11.5 Å².